The highest BCUT2D eigenvalue weighted by molar-refractivity contribution is 8.00. The second kappa shape index (κ2) is 7.34. The minimum absolute atomic E-state index is 0.0646. The molecule has 1 aromatic rings. The van der Waals surface area contributed by atoms with Gasteiger partial charge in [0, 0.05) is 17.5 Å². The van der Waals surface area contributed by atoms with Crippen LogP contribution in [0.4, 0.5) is 4.79 Å². The summed E-state index contributed by atoms with van der Waals surface area (Å²) >= 11 is 1.75. The largest absolute Gasteiger partial charge is 0.444 e. The number of likely N-dealkylation sites (tertiary alicyclic amines) is 1. The summed E-state index contributed by atoms with van der Waals surface area (Å²) in [5.74, 6) is 0. The molecule has 1 saturated heterocycles. The number of nitrogens with zero attached hydrogens (tertiary/aromatic N) is 2. The molecule has 0 bridgehead atoms. The third-order valence-corrected chi connectivity index (χ3v) is 4.75. The summed E-state index contributed by atoms with van der Waals surface area (Å²) in [4.78, 5) is 19.0. The molecule has 2 heterocycles. The Morgan fingerprint density at radius 1 is 1.21 bits per heavy atom. The lowest BCUT2D eigenvalue weighted by Gasteiger charge is -2.37. The number of carbonyl (C=O) groups is 1. The number of thioether (sulfide) groups is 1. The Bertz CT molecular complexity index is 558. The lowest BCUT2D eigenvalue weighted by molar-refractivity contribution is 0.00947. The number of ether oxygens (including phenoxy) is 1. The first-order valence-corrected chi connectivity index (χ1v) is 9.51. The molecule has 1 aromatic heterocycles. The van der Waals surface area contributed by atoms with Crippen molar-refractivity contribution in [2.75, 3.05) is 6.54 Å². The lowest BCUT2D eigenvalue weighted by Crippen LogP contribution is -2.41. The highest BCUT2D eigenvalue weighted by Crippen LogP contribution is 2.34. The van der Waals surface area contributed by atoms with Crippen LogP contribution in [0.1, 0.15) is 72.4 Å². The van der Waals surface area contributed by atoms with E-state index in [2.05, 4.69) is 37.9 Å². The molecule has 24 heavy (non-hydrogen) atoms. The maximum atomic E-state index is 12.5. The van der Waals surface area contributed by atoms with Crippen molar-refractivity contribution in [1.82, 2.24) is 9.88 Å². The zero-order valence-corrected chi connectivity index (χ0v) is 16.6. The number of pyridine rings is 1. The summed E-state index contributed by atoms with van der Waals surface area (Å²) in [6.45, 7) is 13.0. The average molecular weight is 351 g/mol. The fourth-order valence-electron chi connectivity index (χ4n) is 2.78. The maximum absolute atomic E-state index is 12.5. The van der Waals surface area contributed by atoms with Gasteiger partial charge in [-0.2, -0.15) is 0 Å². The van der Waals surface area contributed by atoms with Gasteiger partial charge in [-0.3, -0.25) is 0 Å². The second-order valence-electron chi connectivity index (χ2n) is 8.33. The number of hydrogen-bond donors (Lipinski definition) is 0. The average Bonchev–Trinajstić information content (AvgIpc) is 2.44. The van der Waals surface area contributed by atoms with Gasteiger partial charge >= 0.3 is 6.09 Å². The summed E-state index contributed by atoms with van der Waals surface area (Å²) in [6.07, 6.45) is 4.82. The zero-order chi connectivity index (χ0) is 18.0. The molecule has 0 unspecified atom stereocenters. The van der Waals surface area contributed by atoms with Gasteiger partial charge in [-0.1, -0.05) is 26.8 Å². The predicted octanol–water partition coefficient (Wildman–Crippen LogP) is 5.43. The topological polar surface area (TPSA) is 42.4 Å². The van der Waals surface area contributed by atoms with Gasteiger partial charge in [-0.05, 0) is 51.7 Å². The van der Waals surface area contributed by atoms with Gasteiger partial charge in [0.1, 0.15) is 5.60 Å². The standard InChI is InChI=1S/C19H30N2O2S/c1-18(2,3)23-17(22)21-12-8-7-9-15(21)14-10-11-16(20-13-14)24-19(4,5)6/h10-11,13,15H,7-9,12H2,1-6H3/t15-/m1/s1. The van der Waals surface area contributed by atoms with E-state index < -0.39 is 5.60 Å². The Hall–Kier alpha value is -1.23. The highest BCUT2D eigenvalue weighted by Gasteiger charge is 2.31. The molecular formula is C19H30N2O2S. The van der Waals surface area contributed by atoms with Crippen LogP contribution in [0.5, 0.6) is 0 Å². The number of piperidine rings is 1. The molecule has 1 atom stereocenters. The van der Waals surface area contributed by atoms with Crippen molar-refractivity contribution < 1.29 is 9.53 Å². The minimum atomic E-state index is -0.468. The summed E-state index contributed by atoms with van der Waals surface area (Å²) in [6, 6.07) is 4.23. The van der Waals surface area contributed by atoms with Crippen molar-refractivity contribution in [3.8, 4) is 0 Å². The van der Waals surface area contributed by atoms with E-state index in [0.29, 0.717) is 0 Å². The first-order valence-electron chi connectivity index (χ1n) is 8.70. The number of amides is 1. The van der Waals surface area contributed by atoms with E-state index in [9.17, 15) is 4.79 Å². The molecule has 0 N–H and O–H groups in total. The minimum Gasteiger partial charge on any atom is -0.444 e. The SMILES string of the molecule is CC(C)(C)OC(=O)N1CCCC[C@@H]1c1ccc(SC(C)(C)C)nc1. The van der Waals surface area contributed by atoms with Crippen LogP contribution in [-0.4, -0.2) is 32.9 Å². The van der Waals surface area contributed by atoms with Gasteiger partial charge in [0.2, 0.25) is 0 Å². The molecule has 0 spiro atoms. The molecule has 1 fully saturated rings. The van der Waals surface area contributed by atoms with Crippen molar-refractivity contribution in [3.63, 3.8) is 0 Å². The molecule has 1 aliphatic heterocycles. The van der Waals surface area contributed by atoms with Crippen molar-refractivity contribution >= 4 is 17.9 Å². The van der Waals surface area contributed by atoms with Crippen molar-refractivity contribution in [3.05, 3.63) is 23.9 Å². The van der Waals surface area contributed by atoms with Crippen LogP contribution in [0.25, 0.3) is 0 Å². The van der Waals surface area contributed by atoms with E-state index in [1.807, 2.05) is 31.9 Å². The van der Waals surface area contributed by atoms with Crippen LogP contribution in [0, 0.1) is 0 Å². The third-order valence-electron chi connectivity index (χ3n) is 3.69. The van der Waals surface area contributed by atoms with Crippen LogP contribution in [0.15, 0.2) is 23.4 Å². The second-order valence-corrected chi connectivity index (χ2v) is 10.2. The number of rotatable bonds is 2. The molecule has 0 radical (unpaired) electrons. The Labute approximate surface area is 150 Å². The molecular weight excluding hydrogens is 320 g/mol. The van der Waals surface area contributed by atoms with Gasteiger partial charge < -0.3 is 9.64 Å². The van der Waals surface area contributed by atoms with E-state index in [1.165, 1.54) is 0 Å². The van der Waals surface area contributed by atoms with E-state index in [1.54, 1.807) is 11.8 Å². The van der Waals surface area contributed by atoms with E-state index in [0.717, 1.165) is 36.4 Å². The number of aromatic nitrogens is 1. The first kappa shape index (κ1) is 19.1. The first-order chi connectivity index (χ1) is 11.1. The van der Waals surface area contributed by atoms with Gasteiger partial charge in [-0.15, -0.1) is 11.8 Å². The monoisotopic (exact) mass is 350 g/mol. The summed E-state index contributed by atoms with van der Waals surface area (Å²) in [7, 11) is 0. The fourth-order valence-corrected chi connectivity index (χ4v) is 3.65. The molecule has 2 rings (SSSR count). The Balaban J connectivity index is 2.14. The molecule has 5 heteroatoms. The van der Waals surface area contributed by atoms with E-state index >= 15 is 0 Å². The third kappa shape index (κ3) is 5.69. The van der Waals surface area contributed by atoms with Gasteiger partial charge in [0.05, 0.1) is 11.1 Å². The van der Waals surface area contributed by atoms with Crippen LogP contribution >= 0.6 is 11.8 Å². The van der Waals surface area contributed by atoms with Gasteiger partial charge in [-0.25, -0.2) is 9.78 Å². The van der Waals surface area contributed by atoms with Crippen LogP contribution < -0.4 is 0 Å². The summed E-state index contributed by atoms with van der Waals surface area (Å²) < 4.78 is 5.72. The lowest BCUT2D eigenvalue weighted by atomic mass is 9.97. The molecule has 0 aliphatic carbocycles. The number of hydrogen-bond acceptors (Lipinski definition) is 4. The Morgan fingerprint density at radius 2 is 1.92 bits per heavy atom. The highest BCUT2D eigenvalue weighted by atomic mass is 32.2. The molecule has 1 amide bonds. The fraction of sp³-hybridized carbons (Fsp3) is 0.684. The summed E-state index contributed by atoms with van der Waals surface area (Å²) in [5.41, 5.74) is 0.628. The molecule has 134 valence electrons. The van der Waals surface area contributed by atoms with Crippen molar-refractivity contribution in [2.24, 2.45) is 0 Å². The van der Waals surface area contributed by atoms with E-state index in [-0.39, 0.29) is 16.9 Å². The smallest absolute Gasteiger partial charge is 0.410 e. The zero-order valence-electron chi connectivity index (χ0n) is 15.8. The molecule has 0 aromatic carbocycles. The molecule has 4 nitrogen and oxygen atoms in total. The van der Waals surface area contributed by atoms with Crippen molar-refractivity contribution in [2.45, 2.75) is 82.2 Å². The van der Waals surface area contributed by atoms with Gasteiger partial charge in [0.25, 0.3) is 0 Å². The van der Waals surface area contributed by atoms with Crippen LogP contribution in [0.3, 0.4) is 0 Å². The van der Waals surface area contributed by atoms with Crippen LogP contribution in [0.2, 0.25) is 0 Å². The molecule has 1 aliphatic rings. The maximum Gasteiger partial charge on any atom is 0.410 e. The van der Waals surface area contributed by atoms with Crippen LogP contribution in [-0.2, 0) is 4.74 Å². The van der Waals surface area contributed by atoms with Gasteiger partial charge in [0.15, 0.2) is 0 Å². The Morgan fingerprint density at radius 3 is 2.46 bits per heavy atom. The molecule has 0 saturated carbocycles. The normalized spacial score (nSPS) is 19.2. The number of carbonyl (C=O) groups excluding carboxylic acids is 1. The Kier molecular flexibility index (Phi) is 5.84. The van der Waals surface area contributed by atoms with Crippen molar-refractivity contribution in [1.29, 1.82) is 0 Å². The van der Waals surface area contributed by atoms with E-state index in [4.69, 9.17) is 4.74 Å². The summed E-state index contributed by atoms with van der Waals surface area (Å²) in [5, 5.41) is 1.02. The quantitative estimate of drug-likeness (QED) is 0.667. The predicted molar refractivity (Wildman–Crippen MR) is 99.4 cm³/mol.